The molecular formula is C11H10N2OS. The van der Waals surface area contributed by atoms with Gasteiger partial charge in [0, 0.05) is 23.7 Å². The van der Waals surface area contributed by atoms with Crippen molar-refractivity contribution in [2.24, 2.45) is 0 Å². The van der Waals surface area contributed by atoms with Crippen molar-refractivity contribution in [1.29, 1.82) is 0 Å². The van der Waals surface area contributed by atoms with Gasteiger partial charge in [-0.3, -0.25) is 9.78 Å². The highest BCUT2D eigenvalue weighted by atomic mass is 32.1. The molecule has 0 unspecified atom stereocenters. The van der Waals surface area contributed by atoms with Crippen LogP contribution in [-0.4, -0.2) is 15.8 Å². The Labute approximate surface area is 91.8 Å². The predicted octanol–water partition coefficient (Wildman–Crippen LogP) is 2.27. The van der Waals surface area contributed by atoms with Crippen LogP contribution >= 0.6 is 11.3 Å². The number of thiophene rings is 1. The Hall–Kier alpha value is -1.55. The fraction of sp³-hybridized carbons (Fsp3) is 0.182. The highest BCUT2D eigenvalue weighted by molar-refractivity contribution is 7.10. The molecular weight excluding hydrogens is 208 g/mol. The third-order valence-corrected chi connectivity index (χ3v) is 2.91. The fourth-order valence-electron chi connectivity index (χ4n) is 1.31. The Morgan fingerprint density at radius 1 is 1.47 bits per heavy atom. The van der Waals surface area contributed by atoms with E-state index in [1.165, 1.54) is 17.3 Å². The van der Waals surface area contributed by atoms with Crippen LogP contribution in [0.15, 0.2) is 30.0 Å². The molecule has 0 aliphatic rings. The van der Waals surface area contributed by atoms with Crippen LogP contribution in [0.5, 0.6) is 0 Å². The quantitative estimate of drug-likeness (QED) is 0.742. The lowest BCUT2D eigenvalue weighted by Gasteiger charge is -1.96. The minimum Gasteiger partial charge on any atom is -0.292 e. The van der Waals surface area contributed by atoms with Crippen LogP contribution in [0.2, 0.25) is 0 Å². The highest BCUT2D eigenvalue weighted by Gasteiger charge is 2.08. The standard InChI is InChI=1S/C11H10N2OS/c1-8-4-9(7-15-8)5-11(14)10-6-12-2-3-13-10/h2-4,6-7H,5H2,1H3. The SMILES string of the molecule is Cc1cc(CC(=O)c2cnccn2)cs1. The minimum absolute atomic E-state index is 0.0147. The number of carbonyl (C=O) groups is 1. The van der Waals surface area contributed by atoms with E-state index in [4.69, 9.17) is 0 Å². The van der Waals surface area contributed by atoms with E-state index in [9.17, 15) is 4.79 Å². The van der Waals surface area contributed by atoms with Gasteiger partial charge in [0.1, 0.15) is 5.69 Å². The third-order valence-electron chi connectivity index (χ3n) is 2.00. The van der Waals surface area contributed by atoms with Crippen LogP contribution in [0.1, 0.15) is 20.9 Å². The first-order valence-electron chi connectivity index (χ1n) is 4.59. The number of hydrogen-bond donors (Lipinski definition) is 0. The fourth-order valence-corrected chi connectivity index (χ4v) is 2.02. The van der Waals surface area contributed by atoms with Crippen LogP contribution in [0.25, 0.3) is 0 Å². The summed E-state index contributed by atoms with van der Waals surface area (Å²) in [6.45, 7) is 2.03. The van der Waals surface area contributed by atoms with Gasteiger partial charge in [-0.1, -0.05) is 0 Å². The van der Waals surface area contributed by atoms with Crippen LogP contribution in [0, 0.1) is 6.92 Å². The van der Waals surface area contributed by atoms with E-state index in [0.29, 0.717) is 12.1 Å². The second-order valence-corrected chi connectivity index (χ2v) is 4.37. The number of carbonyl (C=O) groups excluding carboxylic acids is 1. The first-order chi connectivity index (χ1) is 7.25. The summed E-state index contributed by atoms with van der Waals surface area (Å²) in [5, 5.41) is 2.00. The number of aryl methyl sites for hydroxylation is 1. The molecule has 4 heteroatoms. The summed E-state index contributed by atoms with van der Waals surface area (Å²) < 4.78 is 0. The summed E-state index contributed by atoms with van der Waals surface area (Å²) >= 11 is 1.65. The van der Waals surface area contributed by atoms with Crippen LogP contribution in [-0.2, 0) is 6.42 Å². The van der Waals surface area contributed by atoms with Gasteiger partial charge < -0.3 is 0 Å². The summed E-state index contributed by atoms with van der Waals surface area (Å²) in [6, 6.07) is 2.03. The van der Waals surface area contributed by atoms with E-state index in [2.05, 4.69) is 9.97 Å². The summed E-state index contributed by atoms with van der Waals surface area (Å²) in [6.07, 6.45) is 5.00. The molecule has 0 saturated heterocycles. The van der Waals surface area contributed by atoms with Gasteiger partial charge in [-0.2, -0.15) is 0 Å². The molecule has 0 amide bonds. The van der Waals surface area contributed by atoms with E-state index >= 15 is 0 Å². The average Bonchev–Trinajstić information content (AvgIpc) is 2.65. The normalized spacial score (nSPS) is 10.2. The molecule has 0 fully saturated rings. The second-order valence-electron chi connectivity index (χ2n) is 3.26. The Bertz CT molecular complexity index is 464. The lowest BCUT2D eigenvalue weighted by Crippen LogP contribution is -2.05. The largest absolute Gasteiger partial charge is 0.292 e. The van der Waals surface area contributed by atoms with E-state index in [1.807, 2.05) is 18.4 Å². The van der Waals surface area contributed by atoms with Crippen molar-refractivity contribution in [1.82, 2.24) is 9.97 Å². The Morgan fingerprint density at radius 3 is 2.93 bits per heavy atom. The van der Waals surface area contributed by atoms with Crippen molar-refractivity contribution in [3.8, 4) is 0 Å². The van der Waals surface area contributed by atoms with Gasteiger partial charge in [-0.05, 0) is 23.9 Å². The molecule has 76 valence electrons. The molecule has 2 rings (SSSR count). The van der Waals surface area contributed by atoms with Crippen molar-refractivity contribution >= 4 is 17.1 Å². The predicted molar refractivity (Wildman–Crippen MR) is 59.1 cm³/mol. The molecule has 0 aromatic carbocycles. The molecule has 0 spiro atoms. The third kappa shape index (κ3) is 2.47. The topological polar surface area (TPSA) is 42.9 Å². The number of ketones is 1. The van der Waals surface area contributed by atoms with Crippen molar-refractivity contribution in [2.45, 2.75) is 13.3 Å². The molecule has 0 bridgehead atoms. The average molecular weight is 218 g/mol. The Balaban J connectivity index is 2.11. The molecule has 0 N–H and O–H groups in total. The van der Waals surface area contributed by atoms with Crippen LogP contribution in [0.3, 0.4) is 0 Å². The number of aromatic nitrogens is 2. The van der Waals surface area contributed by atoms with Gasteiger partial charge in [-0.15, -0.1) is 11.3 Å². The van der Waals surface area contributed by atoms with Crippen LogP contribution in [0.4, 0.5) is 0 Å². The summed E-state index contributed by atoms with van der Waals surface area (Å²) in [7, 11) is 0. The zero-order valence-electron chi connectivity index (χ0n) is 8.30. The van der Waals surface area contributed by atoms with Crippen molar-refractivity contribution in [3.63, 3.8) is 0 Å². The van der Waals surface area contributed by atoms with Gasteiger partial charge in [0.2, 0.25) is 0 Å². The Kier molecular flexibility index (Phi) is 2.87. The maximum absolute atomic E-state index is 11.7. The number of rotatable bonds is 3. The molecule has 0 radical (unpaired) electrons. The maximum atomic E-state index is 11.7. The van der Waals surface area contributed by atoms with Crippen molar-refractivity contribution < 1.29 is 4.79 Å². The highest BCUT2D eigenvalue weighted by Crippen LogP contribution is 2.14. The number of Topliss-reactive ketones (excluding diaryl/α,β-unsaturated/α-hetero) is 1. The zero-order chi connectivity index (χ0) is 10.7. The summed E-state index contributed by atoms with van der Waals surface area (Å²) in [5.74, 6) is 0.0147. The molecule has 0 aliphatic carbocycles. The molecule has 15 heavy (non-hydrogen) atoms. The van der Waals surface area contributed by atoms with Gasteiger partial charge >= 0.3 is 0 Å². The van der Waals surface area contributed by atoms with Gasteiger partial charge in [0.05, 0.1) is 6.20 Å². The first-order valence-corrected chi connectivity index (χ1v) is 5.47. The molecule has 2 heterocycles. The van der Waals surface area contributed by atoms with Gasteiger partial charge in [0.25, 0.3) is 0 Å². The van der Waals surface area contributed by atoms with Crippen LogP contribution < -0.4 is 0 Å². The summed E-state index contributed by atoms with van der Waals surface area (Å²) in [4.78, 5) is 20.8. The molecule has 0 saturated carbocycles. The zero-order valence-corrected chi connectivity index (χ0v) is 9.12. The van der Waals surface area contributed by atoms with Gasteiger partial charge in [0.15, 0.2) is 5.78 Å². The van der Waals surface area contributed by atoms with E-state index in [1.54, 1.807) is 17.5 Å². The number of hydrogen-bond acceptors (Lipinski definition) is 4. The monoisotopic (exact) mass is 218 g/mol. The Morgan fingerprint density at radius 2 is 2.33 bits per heavy atom. The summed E-state index contributed by atoms with van der Waals surface area (Å²) in [5.41, 5.74) is 1.48. The molecule has 2 aromatic heterocycles. The van der Waals surface area contributed by atoms with Crippen molar-refractivity contribution in [3.05, 3.63) is 46.2 Å². The van der Waals surface area contributed by atoms with E-state index < -0.39 is 0 Å². The second kappa shape index (κ2) is 4.31. The lowest BCUT2D eigenvalue weighted by molar-refractivity contribution is 0.0988. The van der Waals surface area contributed by atoms with E-state index in [0.717, 1.165) is 5.56 Å². The van der Waals surface area contributed by atoms with Crippen molar-refractivity contribution in [2.75, 3.05) is 0 Å². The van der Waals surface area contributed by atoms with E-state index in [-0.39, 0.29) is 5.78 Å². The molecule has 2 aromatic rings. The smallest absolute Gasteiger partial charge is 0.187 e. The lowest BCUT2D eigenvalue weighted by atomic mass is 10.1. The first kappa shape index (κ1) is 9.98. The van der Waals surface area contributed by atoms with Gasteiger partial charge in [-0.25, -0.2) is 4.98 Å². The number of nitrogens with zero attached hydrogens (tertiary/aromatic N) is 2. The molecule has 3 nitrogen and oxygen atoms in total. The molecule has 0 aliphatic heterocycles. The molecule has 0 atom stereocenters. The minimum atomic E-state index is 0.0147. The maximum Gasteiger partial charge on any atom is 0.187 e.